The molecule has 0 saturated carbocycles. The molecule has 1 aliphatic rings. The lowest BCUT2D eigenvalue weighted by molar-refractivity contribution is -0.146. The molecule has 76 valence electrons. The number of carbonyl (C=O) groups excluding carboxylic acids is 1. The van der Waals surface area contributed by atoms with E-state index in [0.717, 1.165) is 0 Å². The Morgan fingerprint density at radius 2 is 2.00 bits per heavy atom. The highest BCUT2D eigenvalue weighted by molar-refractivity contribution is 5.84. The van der Waals surface area contributed by atoms with E-state index >= 15 is 0 Å². The second-order valence-electron chi connectivity index (χ2n) is 3.60. The highest BCUT2D eigenvalue weighted by Crippen LogP contribution is 2.50. The minimum atomic E-state index is -0.777. The van der Waals surface area contributed by atoms with Crippen LogP contribution in [0.4, 0.5) is 0 Å². The standard InChI is InChI=1S/C9H16O4/c1-8(5-6-11-3)9(2,13-8)7(10)12-4/h5-6H2,1-4H3. The quantitative estimate of drug-likeness (QED) is 0.482. The number of carbonyl (C=O) groups is 1. The molecular weight excluding hydrogens is 172 g/mol. The second-order valence-corrected chi connectivity index (χ2v) is 3.60. The summed E-state index contributed by atoms with van der Waals surface area (Å²) in [6.07, 6.45) is 0.703. The molecule has 0 aromatic carbocycles. The van der Waals surface area contributed by atoms with Gasteiger partial charge in [-0.2, -0.15) is 0 Å². The molecule has 0 radical (unpaired) electrons. The van der Waals surface area contributed by atoms with Crippen molar-refractivity contribution < 1.29 is 19.0 Å². The Morgan fingerprint density at radius 3 is 2.46 bits per heavy atom. The smallest absolute Gasteiger partial charge is 0.340 e. The van der Waals surface area contributed by atoms with E-state index in [2.05, 4.69) is 4.74 Å². The van der Waals surface area contributed by atoms with Crippen molar-refractivity contribution >= 4 is 5.97 Å². The van der Waals surface area contributed by atoms with Gasteiger partial charge in [0.1, 0.15) is 5.60 Å². The third-order valence-electron chi connectivity index (χ3n) is 2.76. The van der Waals surface area contributed by atoms with Gasteiger partial charge in [0.25, 0.3) is 0 Å². The summed E-state index contributed by atoms with van der Waals surface area (Å²) in [4.78, 5) is 11.3. The molecule has 0 N–H and O–H groups in total. The van der Waals surface area contributed by atoms with Gasteiger partial charge < -0.3 is 14.2 Å². The van der Waals surface area contributed by atoms with Crippen LogP contribution in [0, 0.1) is 0 Å². The van der Waals surface area contributed by atoms with E-state index in [1.54, 1.807) is 14.0 Å². The molecule has 4 nitrogen and oxygen atoms in total. The molecular formula is C9H16O4. The molecule has 1 aliphatic heterocycles. The minimum Gasteiger partial charge on any atom is -0.467 e. The maximum Gasteiger partial charge on any atom is 0.340 e. The first-order chi connectivity index (χ1) is 6.00. The third kappa shape index (κ3) is 1.56. The molecule has 2 atom stereocenters. The Bertz CT molecular complexity index is 216. The van der Waals surface area contributed by atoms with Gasteiger partial charge >= 0.3 is 5.97 Å². The number of ether oxygens (including phenoxy) is 3. The number of epoxide rings is 1. The Kier molecular flexibility index (Phi) is 2.63. The van der Waals surface area contributed by atoms with Gasteiger partial charge in [-0.3, -0.25) is 0 Å². The zero-order valence-corrected chi connectivity index (χ0v) is 8.55. The van der Waals surface area contributed by atoms with Gasteiger partial charge in [0.15, 0.2) is 5.60 Å². The van der Waals surface area contributed by atoms with Crippen molar-refractivity contribution in [1.29, 1.82) is 0 Å². The molecule has 2 unspecified atom stereocenters. The molecule has 1 rings (SSSR count). The summed E-state index contributed by atoms with van der Waals surface area (Å²) in [5.41, 5.74) is -1.20. The van der Waals surface area contributed by atoms with Crippen molar-refractivity contribution in [2.75, 3.05) is 20.8 Å². The maximum absolute atomic E-state index is 11.3. The lowest BCUT2D eigenvalue weighted by Crippen LogP contribution is -2.31. The zero-order chi connectivity index (χ0) is 10.1. The molecule has 13 heavy (non-hydrogen) atoms. The van der Waals surface area contributed by atoms with Crippen molar-refractivity contribution in [1.82, 2.24) is 0 Å². The summed E-state index contributed by atoms with van der Waals surface area (Å²) >= 11 is 0. The number of hydrogen-bond acceptors (Lipinski definition) is 4. The molecule has 0 aliphatic carbocycles. The summed E-state index contributed by atoms with van der Waals surface area (Å²) in [7, 11) is 2.99. The average Bonchev–Trinajstić information content (AvgIpc) is 2.67. The maximum atomic E-state index is 11.3. The number of rotatable bonds is 4. The number of esters is 1. The summed E-state index contributed by atoms with van der Waals surface area (Å²) < 4.78 is 15.0. The van der Waals surface area contributed by atoms with E-state index in [1.165, 1.54) is 7.11 Å². The van der Waals surface area contributed by atoms with E-state index in [4.69, 9.17) is 9.47 Å². The lowest BCUT2D eigenvalue weighted by Gasteiger charge is -2.09. The van der Waals surface area contributed by atoms with Crippen molar-refractivity contribution in [3.63, 3.8) is 0 Å². The van der Waals surface area contributed by atoms with Crippen molar-refractivity contribution in [2.24, 2.45) is 0 Å². The molecule has 0 spiro atoms. The summed E-state index contributed by atoms with van der Waals surface area (Å²) in [6, 6.07) is 0. The van der Waals surface area contributed by atoms with Crippen LogP contribution in [0.5, 0.6) is 0 Å². The van der Waals surface area contributed by atoms with Crippen LogP contribution < -0.4 is 0 Å². The second kappa shape index (κ2) is 3.27. The molecule has 1 fully saturated rings. The van der Waals surface area contributed by atoms with Gasteiger partial charge in [-0.15, -0.1) is 0 Å². The van der Waals surface area contributed by atoms with E-state index < -0.39 is 11.2 Å². The van der Waals surface area contributed by atoms with Crippen LogP contribution >= 0.6 is 0 Å². The van der Waals surface area contributed by atoms with Crippen LogP contribution in [0.15, 0.2) is 0 Å². The van der Waals surface area contributed by atoms with Crippen molar-refractivity contribution in [2.45, 2.75) is 31.5 Å². The molecule has 4 heteroatoms. The average molecular weight is 188 g/mol. The largest absolute Gasteiger partial charge is 0.467 e. The van der Waals surface area contributed by atoms with Crippen molar-refractivity contribution in [3.8, 4) is 0 Å². The van der Waals surface area contributed by atoms with E-state index in [0.29, 0.717) is 13.0 Å². The van der Waals surface area contributed by atoms with Gasteiger partial charge in [-0.25, -0.2) is 4.79 Å². The van der Waals surface area contributed by atoms with Crippen LogP contribution in [0.2, 0.25) is 0 Å². The first-order valence-electron chi connectivity index (χ1n) is 4.28. The first-order valence-corrected chi connectivity index (χ1v) is 4.28. The third-order valence-corrected chi connectivity index (χ3v) is 2.76. The summed E-state index contributed by atoms with van der Waals surface area (Å²) in [6.45, 7) is 4.22. The van der Waals surface area contributed by atoms with Gasteiger partial charge in [-0.05, 0) is 13.8 Å². The fraction of sp³-hybridized carbons (Fsp3) is 0.889. The van der Waals surface area contributed by atoms with Crippen LogP contribution in [0.3, 0.4) is 0 Å². The first kappa shape index (κ1) is 10.5. The van der Waals surface area contributed by atoms with Gasteiger partial charge in [-0.1, -0.05) is 0 Å². The van der Waals surface area contributed by atoms with E-state index in [-0.39, 0.29) is 5.97 Å². The Balaban J connectivity index is 2.53. The Morgan fingerprint density at radius 1 is 1.38 bits per heavy atom. The topological polar surface area (TPSA) is 48.1 Å². The zero-order valence-electron chi connectivity index (χ0n) is 8.55. The van der Waals surface area contributed by atoms with E-state index in [9.17, 15) is 4.79 Å². The van der Waals surface area contributed by atoms with Crippen LogP contribution in [0.1, 0.15) is 20.3 Å². The monoisotopic (exact) mass is 188 g/mol. The minimum absolute atomic E-state index is 0.314. The lowest BCUT2D eigenvalue weighted by atomic mass is 9.93. The predicted molar refractivity (Wildman–Crippen MR) is 46.4 cm³/mol. The number of hydrogen-bond donors (Lipinski definition) is 0. The highest BCUT2D eigenvalue weighted by atomic mass is 16.7. The fourth-order valence-corrected chi connectivity index (χ4v) is 1.46. The van der Waals surface area contributed by atoms with Gasteiger partial charge in [0.05, 0.1) is 7.11 Å². The van der Waals surface area contributed by atoms with Crippen LogP contribution in [-0.4, -0.2) is 38.0 Å². The molecule has 0 amide bonds. The van der Waals surface area contributed by atoms with Crippen LogP contribution in [0.25, 0.3) is 0 Å². The molecule has 1 saturated heterocycles. The Labute approximate surface area is 78.2 Å². The molecule has 0 bridgehead atoms. The summed E-state index contributed by atoms with van der Waals surface area (Å²) in [5.74, 6) is -0.314. The fourth-order valence-electron chi connectivity index (χ4n) is 1.46. The summed E-state index contributed by atoms with van der Waals surface area (Å²) in [5, 5.41) is 0. The SMILES string of the molecule is COCCC1(C)OC1(C)C(=O)OC. The van der Waals surface area contributed by atoms with Crippen LogP contribution in [-0.2, 0) is 19.0 Å². The van der Waals surface area contributed by atoms with Gasteiger partial charge in [0.2, 0.25) is 0 Å². The molecule has 0 aromatic rings. The van der Waals surface area contributed by atoms with Crippen molar-refractivity contribution in [3.05, 3.63) is 0 Å². The predicted octanol–water partition coefficient (Wildman–Crippen LogP) is 0.744. The highest BCUT2D eigenvalue weighted by Gasteiger charge is 2.69. The molecule has 0 aromatic heterocycles. The Hall–Kier alpha value is -0.610. The number of methoxy groups -OCH3 is 2. The normalized spacial score (nSPS) is 37.2. The van der Waals surface area contributed by atoms with Gasteiger partial charge in [0, 0.05) is 20.1 Å². The van der Waals surface area contributed by atoms with E-state index in [1.807, 2.05) is 6.92 Å². The molecule has 1 heterocycles.